The minimum atomic E-state index is -4.59. The molecule has 0 unspecified atom stereocenters. The number of fused-ring (bicyclic) bond motifs is 6. The van der Waals surface area contributed by atoms with Crippen LogP contribution in [0.5, 0.6) is 0 Å². The molecule has 2 aliphatic carbocycles. The quantitative estimate of drug-likeness (QED) is 0.217. The molecule has 0 saturated heterocycles. The highest BCUT2D eigenvalue weighted by Crippen LogP contribution is 2.56. The lowest BCUT2D eigenvalue weighted by molar-refractivity contribution is 0.387. The van der Waals surface area contributed by atoms with Gasteiger partial charge in [-0.15, -0.1) is 0 Å². The van der Waals surface area contributed by atoms with Gasteiger partial charge in [-0.3, -0.25) is 4.57 Å². The van der Waals surface area contributed by atoms with E-state index in [1.165, 1.54) is 39.4 Å². The zero-order valence-electron chi connectivity index (χ0n) is 23.6. The highest BCUT2D eigenvalue weighted by molar-refractivity contribution is 7.60. The van der Waals surface area contributed by atoms with Gasteiger partial charge in [-0.1, -0.05) is 107 Å². The largest absolute Gasteiger partial charge is 0.358 e. The molecule has 0 atom stereocenters. The van der Waals surface area contributed by atoms with E-state index >= 15 is 0 Å². The van der Waals surface area contributed by atoms with Crippen molar-refractivity contribution in [2.75, 3.05) is 4.90 Å². The van der Waals surface area contributed by atoms with E-state index in [1.807, 2.05) is 17.0 Å². The number of benzene rings is 5. The van der Waals surface area contributed by atoms with E-state index in [9.17, 15) is 14.4 Å². The predicted molar refractivity (Wildman–Crippen MR) is 168 cm³/mol. The summed E-state index contributed by atoms with van der Waals surface area (Å²) in [5, 5.41) is 0.00573. The fourth-order valence-corrected chi connectivity index (χ4v) is 7.81. The Bertz CT molecular complexity index is 1920. The Kier molecular flexibility index (Phi) is 5.56. The third kappa shape index (κ3) is 3.72. The van der Waals surface area contributed by atoms with E-state index in [1.54, 1.807) is 6.07 Å². The standard InChI is InChI=1S/C36H32NO3P/c1-35(2)28-15-8-6-13-26(28)34-29(35)16-11-18-32(34)37(31-17-9-10-19-33(31)41(38,39)40)23-20-21-25-24-12-5-7-14-27(24)36(3,4)30(25)22-23/h5-22H,1-4H3,(H2,38,39,40). The molecule has 0 bridgehead atoms. The van der Waals surface area contributed by atoms with Crippen LogP contribution in [0.4, 0.5) is 17.1 Å². The van der Waals surface area contributed by atoms with Crippen LogP contribution in [0, 0.1) is 0 Å². The molecule has 2 aliphatic rings. The summed E-state index contributed by atoms with van der Waals surface area (Å²) in [7, 11) is -4.59. The number of rotatable bonds is 4. The summed E-state index contributed by atoms with van der Waals surface area (Å²) in [4.78, 5) is 23.0. The molecule has 0 spiro atoms. The van der Waals surface area contributed by atoms with Crippen LogP contribution in [0.15, 0.2) is 109 Å². The first kappa shape index (κ1) is 26.0. The zero-order chi connectivity index (χ0) is 28.7. The van der Waals surface area contributed by atoms with Crippen molar-refractivity contribution >= 4 is 30.0 Å². The summed E-state index contributed by atoms with van der Waals surface area (Å²) in [6, 6.07) is 36.6. The molecule has 0 aliphatic heterocycles. The number of hydrogen-bond acceptors (Lipinski definition) is 2. The SMILES string of the molecule is CC1(C)c2ccccc2-c2ccc(N(c3ccccc3P(=O)(O)O)c3cccc4c3-c3ccccc3C4(C)C)cc21. The summed E-state index contributed by atoms with van der Waals surface area (Å²) in [6.07, 6.45) is 0. The summed E-state index contributed by atoms with van der Waals surface area (Å²) in [5.41, 5.74) is 11.4. The van der Waals surface area contributed by atoms with Gasteiger partial charge in [0.1, 0.15) is 0 Å². The average molecular weight is 558 g/mol. The normalized spacial score (nSPS) is 15.6. The summed E-state index contributed by atoms with van der Waals surface area (Å²) < 4.78 is 12.9. The molecule has 5 aromatic rings. The van der Waals surface area contributed by atoms with Crippen LogP contribution < -0.4 is 10.2 Å². The lowest BCUT2D eigenvalue weighted by Crippen LogP contribution is -2.21. The van der Waals surface area contributed by atoms with Gasteiger partial charge in [0, 0.05) is 22.1 Å². The van der Waals surface area contributed by atoms with Gasteiger partial charge >= 0.3 is 7.60 Å². The highest BCUT2D eigenvalue weighted by atomic mass is 31.2. The Morgan fingerprint density at radius 3 is 1.83 bits per heavy atom. The summed E-state index contributed by atoms with van der Waals surface area (Å²) in [6.45, 7) is 8.97. The van der Waals surface area contributed by atoms with E-state index in [4.69, 9.17) is 0 Å². The van der Waals surface area contributed by atoms with Crippen molar-refractivity contribution in [3.8, 4) is 22.3 Å². The molecule has 41 heavy (non-hydrogen) atoms. The second-order valence-corrected chi connectivity index (χ2v) is 13.7. The first-order valence-corrected chi connectivity index (χ1v) is 15.6. The van der Waals surface area contributed by atoms with Crippen LogP contribution in [-0.2, 0) is 15.4 Å². The minimum absolute atomic E-state index is 0.00573. The minimum Gasteiger partial charge on any atom is -0.321 e. The molecule has 0 radical (unpaired) electrons. The molecular weight excluding hydrogens is 525 g/mol. The monoisotopic (exact) mass is 557 g/mol. The topological polar surface area (TPSA) is 60.8 Å². The third-order valence-electron chi connectivity index (χ3n) is 9.09. The first-order chi connectivity index (χ1) is 19.5. The van der Waals surface area contributed by atoms with Crippen LogP contribution in [0.25, 0.3) is 22.3 Å². The van der Waals surface area contributed by atoms with Gasteiger partial charge in [-0.25, -0.2) is 0 Å². The van der Waals surface area contributed by atoms with Crippen LogP contribution in [0.1, 0.15) is 49.9 Å². The van der Waals surface area contributed by atoms with Gasteiger partial charge in [0.25, 0.3) is 0 Å². The van der Waals surface area contributed by atoms with Gasteiger partial charge in [-0.2, -0.15) is 0 Å². The summed E-state index contributed by atoms with van der Waals surface area (Å²) >= 11 is 0. The molecule has 2 N–H and O–H groups in total. The van der Waals surface area contributed by atoms with E-state index in [0.29, 0.717) is 5.69 Å². The van der Waals surface area contributed by atoms with Crippen LogP contribution >= 0.6 is 7.60 Å². The van der Waals surface area contributed by atoms with Crippen molar-refractivity contribution in [2.45, 2.75) is 38.5 Å². The van der Waals surface area contributed by atoms with Crippen molar-refractivity contribution in [1.29, 1.82) is 0 Å². The van der Waals surface area contributed by atoms with E-state index < -0.39 is 7.60 Å². The van der Waals surface area contributed by atoms with Gasteiger partial charge in [0.2, 0.25) is 0 Å². The third-order valence-corrected chi connectivity index (χ3v) is 10.1. The molecule has 0 amide bonds. The molecule has 5 heteroatoms. The zero-order valence-corrected chi connectivity index (χ0v) is 24.5. The Hall–Kier alpha value is -3.95. The number of para-hydroxylation sites is 1. The molecule has 204 valence electrons. The molecule has 5 aromatic carbocycles. The fourth-order valence-electron chi connectivity index (χ4n) is 7.06. The van der Waals surface area contributed by atoms with Crippen LogP contribution in [0.3, 0.4) is 0 Å². The fraction of sp³-hybridized carbons (Fsp3) is 0.167. The first-order valence-electron chi connectivity index (χ1n) is 13.9. The Balaban J connectivity index is 1.54. The van der Waals surface area contributed by atoms with Gasteiger partial charge in [0.05, 0.1) is 16.7 Å². The average Bonchev–Trinajstić information content (AvgIpc) is 3.33. The van der Waals surface area contributed by atoms with Crippen LogP contribution in [0.2, 0.25) is 0 Å². The smallest absolute Gasteiger partial charge is 0.321 e. The second-order valence-electron chi connectivity index (χ2n) is 12.1. The summed E-state index contributed by atoms with van der Waals surface area (Å²) in [5.74, 6) is 0. The molecule has 0 aromatic heterocycles. The maximum absolute atomic E-state index is 12.9. The molecule has 0 saturated carbocycles. The molecule has 4 nitrogen and oxygen atoms in total. The van der Waals surface area contributed by atoms with Gasteiger partial charge < -0.3 is 14.7 Å². The van der Waals surface area contributed by atoms with Crippen molar-refractivity contribution in [3.63, 3.8) is 0 Å². The lowest BCUT2D eigenvalue weighted by atomic mass is 9.82. The lowest BCUT2D eigenvalue weighted by Gasteiger charge is -2.31. The Labute approximate surface area is 241 Å². The molecule has 0 heterocycles. The van der Waals surface area contributed by atoms with Gasteiger partial charge in [0.15, 0.2) is 0 Å². The maximum atomic E-state index is 12.9. The highest BCUT2D eigenvalue weighted by Gasteiger charge is 2.40. The molecule has 0 fully saturated rings. The van der Waals surface area contributed by atoms with Gasteiger partial charge in [-0.05, 0) is 69.3 Å². The van der Waals surface area contributed by atoms with E-state index in [2.05, 4.69) is 113 Å². The Morgan fingerprint density at radius 1 is 0.561 bits per heavy atom. The number of hydrogen-bond donors (Lipinski definition) is 2. The van der Waals surface area contributed by atoms with Crippen molar-refractivity contribution < 1.29 is 14.4 Å². The second kappa shape index (κ2) is 8.77. The predicted octanol–water partition coefficient (Wildman–Crippen LogP) is 8.57. The van der Waals surface area contributed by atoms with Crippen molar-refractivity contribution in [2.24, 2.45) is 0 Å². The molecule has 7 rings (SSSR count). The number of anilines is 3. The van der Waals surface area contributed by atoms with Crippen molar-refractivity contribution in [1.82, 2.24) is 0 Å². The molecular formula is C36H32NO3P. The number of nitrogens with zero attached hydrogens (tertiary/aromatic N) is 1. The van der Waals surface area contributed by atoms with Crippen LogP contribution in [-0.4, -0.2) is 9.79 Å². The Morgan fingerprint density at radius 2 is 1.10 bits per heavy atom. The maximum Gasteiger partial charge on any atom is 0.358 e. The van der Waals surface area contributed by atoms with E-state index in [0.717, 1.165) is 22.5 Å². The van der Waals surface area contributed by atoms with Crippen molar-refractivity contribution in [3.05, 3.63) is 131 Å². The van der Waals surface area contributed by atoms with E-state index in [-0.39, 0.29) is 16.1 Å².